The van der Waals surface area contributed by atoms with Crippen LogP contribution in [0.1, 0.15) is 107 Å². The van der Waals surface area contributed by atoms with Gasteiger partial charge in [-0.1, -0.05) is 90.4 Å². The molecule has 1 aromatic carbocycles. The maximum absolute atomic E-state index is 11.6. The third kappa shape index (κ3) is 12.3. The van der Waals surface area contributed by atoms with E-state index in [9.17, 15) is 9.59 Å². The lowest BCUT2D eigenvalue weighted by Crippen LogP contribution is -2.27. The molecule has 0 aliphatic heterocycles. The largest absolute Gasteiger partial charge is 0.385 e. The Morgan fingerprint density at radius 3 is 1.62 bits per heavy atom. The predicted octanol–water partition coefficient (Wildman–Crippen LogP) is 6.27. The minimum Gasteiger partial charge on any atom is -0.385 e. The monoisotopic (exact) mass is 404 g/mol. The van der Waals surface area contributed by atoms with Gasteiger partial charge < -0.3 is 5.32 Å². The Balaban J connectivity index is 1.93. The van der Waals surface area contributed by atoms with Gasteiger partial charge in [0.15, 0.2) is 0 Å². The topological polar surface area (TPSA) is 78.4 Å². The van der Waals surface area contributed by atoms with E-state index in [1.165, 1.54) is 89.0 Å². The molecule has 3 N–H and O–H groups in total. The quantitative estimate of drug-likeness (QED) is 0.0886. The van der Waals surface area contributed by atoms with E-state index in [1.807, 2.05) is 0 Å². The van der Waals surface area contributed by atoms with Crippen molar-refractivity contribution in [2.75, 3.05) is 11.9 Å². The SMILES string of the molecule is CCCCCCCCCCCCCCCCNc1ccc(C(=O)C(=O)NO)cc1. The molecule has 0 aromatic heterocycles. The molecule has 0 unspecified atom stereocenters. The summed E-state index contributed by atoms with van der Waals surface area (Å²) in [7, 11) is 0. The Bertz CT molecular complexity index is 558. The lowest BCUT2D eigenvalue weighted by atomic mass is 10.0. The zero-order valence-electron chi connectivity index (χ0n) is 18.2. The number of hydrogen-bond acceptors (Lipinski definition) is 4. The summed E-state index contributed by atoms with van der Waals surface area (Å²) in [6, 6.07) is 6.74. The van der Waals surface area contributed by atoms with E-state index in [0.29, 0.717) is 0 Å². The van der Waals surface area contributed by atoms with Gasteiger partial charge in [0.2, 0.25) is 0 Å². The fourth-order valence-corrected chi connectivity index (χ4v) is 3.47. The number of anilines is 1. The van der Waals surface area contributed by atoms with Gasteiger partial charge in [0.05, 0.1) is 0 Å². The van der Waals surface area contributed by atoms with Gasteiger partial charge in [0.1, 0.15) is 0 Å². The van der Waals surface area contributed by atoms with Gasteiger partial charge in [-0.15, -0.1) is 0 Å². The number of carbonyl (C=O) groups excluding carboxylic acids is 2. The van der Waals surface area contributed by atoms with E-state index < -0.39 is 11.7 Å². The molecule has 1 amide bonds. The summed E-state index contributed by atoms with van der Waals surface area (Å²) < 4.78 is 0. The number of Topliss-reactive ketones (excluding diaryl/α,β-unsaturated/α-hetero) is 1. The van der Waals surface area contributed by atoms with Crippen molar-refractivity contribution in [1.29, 1.82) is 0 Å². The van der Waals surface area contributed by atoms with Crippen LogP contribution in [0.3, 0.4) is 0 Å². The molecule has 1 rings (SSSR count). The lowest BCUT2D eigenvalue weighted by molar-refractivity contribution is -0.124. The number of nitrogens with one attached hydrogen (secondary N) is 2. The van der Waals surface area contributed by atoms with E-state index in [0.717, 1.165) is 18.7 Å². The van der Waals surface area contributed by atoms with E-state index in [4.69, 9.17) is 5.21 Å². The molecule has 0 fully saturated rings. The van der Waals surface area contributed by atoms with E-state index in [1.54, 1.807) is 24.3 Å². The van der Waals surface area contributed by atoms with Crippen molar-refractivity contribution in [2.45, 2.75) is 96.8 Å². The molecule has 0 radical (unpaired) electrons. The minimum atomic E-state index is -1.02. The summed E-state index contributed by atoms with van der Waals surface area (Å²) in [6.07, 6.45) is 18.9. The second kappa shape index (κ2) is 17.0. The van der Waals surface area contributed by atoms with Crippen LogP contribution in [0.25, 0.3) is 0 Å². The van der Waals surface area contributed by atoms with Crippen molar-refractivity contribution in [3.63, 3.8) is 0 Å². The Labute approximate surface area is 176 Å². The van der Waals surface area contributed by atoms with Crippen LogP contribution in [0.2, 0.25) is 0 Å². The summed E-state index contributed by atoms with van der Waals surface area (Å²) in [5.41, 5.74) is 2.55. The van der Waals surface area contributed by atoms with Gasteiger partial charge in [-0.25, -0.2) is 5.48 Å². The third-order valence-electron chi connectivity index (χ3n) is 5.31. The van der Waals surface area contributed by atoms with Gasteiger partial charge in [-0.2, -0.15) is 0 Å². The third-order valence-corrected chi connectivity index (χ3v) is 5.31. The van der Waals surface area contributed by atoms with Gasteiger partial charge >= 0.3 is 5.91 Å². The highest BCUT2D eigenvalue weighted by atomic mass is 16.5. The number of hydroxylamine groups is 1. The first-order chi connectivity index (χ1) is 14.2. The first-order valence-corrected chi connectivity index (χ1v) is 11.5. The molecule has 1 aromatic rings. The van der Waals surface area contributed by atoms with Crippen molar-refractivity contribution in [3.8, 4) is 0 Å². The molecule has 5 nitrogen and oxygen atoms in total. The zero-order chi connectivity index (χ0) is 21.2. The lowest BCUT2D eigenvalue weighted by Gasteiger charge is -2.07. The number of rotatable bonds is 18. The van der Waals surface area contributed by atoms with Crippen molar-refractivity contribution in [1.82, 2.24) is 5.48 Å². The van der Waals surface area contributed by atoms with Crippen LogP contribution >= 0.6 is 0 Å². The molecule has 0 atom stereocenters. The standard InChI is InChI=1S/C24H40N2O3/c1-2-3-4-5-6-7-8-9-10-11-12-13-14-15-20-25-22-18-16-21(17-19-22)23(27)24(28)26-29/h16-19,25,29H,2-15,20H2,1H3,(H,26,28). The Morgan fingerprint density at radius 1 is 0.724 bits per heavy atom. The highest BCUT2D eigenvalue weighted by molar-refractivity contribution is 6.42. The highest BCUT2D eigenvalue weighted by Gasteiger charge is 2.14. The van der Waals surface area contributed by atoms with Crippen LogP contribution < -0.4 is 10.8 Å². The van der Waals surface area contributed by atoms with Crippen LogP contribution in [0.15, 0.2) is 24.3 Å². The maximum atomic E-state index is 11.6. The Morgan fingerprint density at radius 2 is 1.17 bits per heavy atom. The molecule has 0 aliphatic rings. The second-order valence-corrected chi connectivity index (χ2v) is 7.87. The van der Waals surface area contributed by atoms with Gasteiger partial charge in [-0.05, 0) is 30.7 Å². The summed E-state index contributed by atoms with van der Waals surface area (Å²) >= 11 is 0. The first-order valence-electron chi connectivity index (χ1n) is 11.5. The first kappa shape index (κ1) is 25.2. The Hall–Kier alpha value is -1.88. The normalized spacial score (nSPS) is 10.7. The summed E-state index contributed by atoms with van der Waals surface area (Å²) in [5, 5.41) is 11.8. The molecular weight excluding hydrogens is 364 g/mol. The average Bonchev–Trinajstić information content (AvgIpc) is 2.75. The number of carbonyl (C=O) groups is 2. The number of amides is 1. The van der Waals surface area contributed by atoms with Crippen LogP contribution in [-0.2, 0) is 4.79 Å². The van der Waals surface area contributed by atoms with E-state index in [2.05, 4.69) is 12.2 Å². The van der Waals surface area contributed by atoms with Crippen molar-refractivity contribution >= 4 is 17.4 Å². The summed E-state index contributed by atoms with van der Waals surface area (Å²) in [6.45, 7) is 3.17. The molecule has 0 saturated carbocycles. The molecule has 0 saturated heterocycles. The zero-order valence-corrected chi connectivity index (χ0v) is 18.2. The van der Waals surface area contributed by atoms with Crippen LogP contribution in [0, 0.1) is 0 Å². The molecule has 29 heavy (non-hydrogen) atoms. The number of unbranched alkanes of at least 4 members (excludes halogenated alkanes) is 13. The predicted molar refractivity (Wildman–Crippen MR) is 120 cm³/mol. The van der Waals surface area contributed by atoms with Gasteiger partial charge in [-0.3, -0.25) is 14.8 Å². The molecule has 0 heterocycles. The highest BCUT2D eigenvalue weighted by Crippen LogP contribution is 2.14. The summed E-state index contributed by atoms with van der Waals surface area (Å²) in [5.74, 6) is -1.76. The minimum absolute atomic E-state index is 0.263. The van der Waals surface area contributed by atoms with Crippen molar-refractivity contribution in [2.24, 2.45) is 0 Å². The molecule has 0 bridgehead atoms. The van der Waals surface area contributed by atoms with Crippen LogP contribution in [0.5, 0.6) is 0 Å². The summed E-state index contributed by atoms with van der Waals surface area (Å²) in [4.78, 5) is 22.7. The van der Waals surface area contributed by atoms with Crippen molar-refractivity contribution in [3.05, 3.63) is 29.8 Å². The molecule has 164 valence electrons. The molecule has 0 spiro atoms. The van der Waals surface area contributed by atoms with Crippen LogP contribution in [-0.4, -0.2) is 23.4 Å². The fraction of sp³-hybridized carbons (Fsp3) is 0.667. The molecule has 0 aliphatic carbocycles. The average molecular weight is 405 g/mol. The fourth-order valence-electron chi connectivity index (χ4n) is 3.47. The van der Waals surface area contributed by atoms with Gasteiger partial charge in [0, 0.05) is 17.8 Å². The van der Waals surface area contributed by atoms with E-state index in [-0.39, 0.29) is 5.56 Å². The number of ketones is 1. The van der Waals surface area contributed by atoms with Gasteiger partial charge in [0.25, 0.3) is 5.78 Å². The Kier molecular flexibility index (Phi) is 14.8. The van der Waals surface area contributed by atoms with E-state index >= 15 is 0 Å². The molecular formula is C24H40N2O3. The molecule has 5 heteroatoms. The smallest absolute Gasteiger partial charge is 0.315 e. The van der Waals surface area contributed by atoms with Crippen molar-refractivity contribution < 1.29 is 14.8 Å². The number of benzene rings is 1. The second-order valence-electron chi connectivity index (χ2n) is 7.87. The maximum Gasteiger partial charge on any atom is 0.315 e. The van der Waals surface area contributed by atoms with Crippen LogP contribution in [0.4, 0.5) is 5.69 Å². The number of hydrogen-bond donors (Lipinski definition) is 3.